The lowest BCUT2D eigenvalue weighted by Gasteiger charge is -2.14. The predicted octanol–water partition coefficient (Wildman–Crippen LogP) is 3.34. The number of para-hydroxylation sites is 1. The number of ether oxygens (including phenoxy) is 1. The van der Waals surface area contributed by atoms with Crippen molar-refractivity contribution >= 4 is 27.5 Å². The van der Waals surface area contributed by atoms with Gasteiger partial charge in [0.2, 0.25) is 5.91 Å². The summed E-state index contributed by atoms with van der Waals surface area (Å²) in [4.78, 5) is 10.9. The first-order valence-corrected chi connectivity index (χ1v) is 7.82. The van der Waals surface area contributed by atoms with Crippen molar-refractivity contribution in [3.05, 3.63) is 58.1 Å². The predicted molar refractivity (Wildman–Crippen MR) is 92.2 cm³/mol. The van der Waals surface area contributed by atoms with E-state index >= 15 is 0 Å². The largest absolute Gasteiger partial charge is 0.496 e. The average molecular weight is 363 g/mol. The van der Waals surface area contributed by atoms with Crippen molar-refractivity contribution in [3.8, 4) is 5.75 Å². The van der Waals surface area contributed by atoms with Gasteiger partial charge in [-0.2, -0.15) is 0 Å². The zero-order valence-electron chi connectivity index (χ0n) is 12.4. The first-order chi connectivity index (χ1) is 10.6. The van der Waals surface area contributed by atoms with E-state index in [1.165, 1.54) is 0 Å². The van der Waals surface area contributed by atoms with Gasteiger partial charge in [-0.05, 0) is 29.3 Å². The Kier molecular flexibility index (Phi) is 5.83. The van der Waals surface area contributed by atoms with Crippen molar-refractivity contribution in [2.24, 2.45) is 5.73 Å². The van der Waals surface area contributed by atoms with Crippen molar-refractivity contribution in [2.75, 3.05) is 19.0 Å². The maximum atomic E-state index is 10.9. The Balaban J connectivity index is 2.20. The summed E-state index contributed by atoms with van der Waals surface area (Å²) in [6.07, 6.45) is 1.05. The van der Waals surface area contributed by atoms with Crippen LogP contribution >= 0.6 is 15.9 Å². The second-order valence-corrected chi connectivity index (χ2v) is 5.85. The number of halogens is 1. The summed E-state index contributed by atoms with van der Waals surface area (Å²) in [5, 5.41) is 3.27. The number of hydrogen-bond donors (Lipinski definition) is 2. The van der Waals surface area contributed by atoms with E-state index in [4.69, 9.17) is 10.5 Å². The van der Waals surface area contributed by atoms with E-state index in [-0.39, 0.29) is 5.91 Å². The normalized spacial score (nSPS) is 10.3. The Hall–Kier alpha value is -2.01. The molecule has 2 aromatic carbocycles. The van der Waals surface area contributed by atoms with Crippen LogP contribution in [0, 0.1) is 0 Å². The maximum Gasteiger partial charge on any atom is 0.219 e. The number of hydrogen-bond acceptors (Lipinski definition) is 3. The third-order valence-electron chi connectivity index (χ3n) is 3.33. The Morgan fingerprint density at radius 2 is 2.00 bits per heavy atom. The van der Waals surface area contributed by atoms with Crippen LogP contribution in [0.3, 0.4) is 0 Å². The molecule has 0 aliphatic heterocycles. The molecule has 22 heavy (non-hydrogen) atoms. The molecule has 116 valence electrons. The molecule has 0 atom stereocenters. The molecule has 3 N–H and O–H groups in total. The highest BCUT2D eigenvalue weighted by molar-refractivity contribution is 9.10. The summed E-state index contributed by atoms with van der Waals surface area (Å²) < 4.78 is 6.39. The van der Waals surface area contributed by atoms with E-state index in [1.54, 1.807) is 7.11 Å². The molecule has 2 aromatic rings. The Morgan fingerprint density at radius 1 is 1.23 bits per heavy atom. The van der Waals surface area contributed by atoms with Crippen LogP contribution in [0.2, 0.25) is 0 Å². The van der Waals surface area contributed by atoms with E-state index in [0.717, 1.165) is 33.5 Å². The second-order valence-electron chi connectivity index (χ2n) is 4.93. The first-order valence-electron chi connectivity index (χ1n) is 7.02. The number of carbonyl (C=O) groups excluding carboxylic acids is 1. The first kappa shape index (κ1) is 16.4. The molecule has 0 aliphatic rings. The van der Waals surface area contributed by atoms with Gasteiger partial charge in [0.15, 0.2) is 0 Å². The van der Waals surface area contributed by atoms with Crippen molar-refractivity contribution in [1.29, 1.82) is 0 Å². The fourth-order valence-corrected chi connectivity index (χ4v) is 2.60. The van der Waals surface area contributed by atoms with Crippen LogP contribution in [0.4, 0.5) is 5.69 Å². The summed E-state index contributed by atoms with van der Waals surface area (Å²) in [6, 6.07) is 14.0. The number of amides is 1. The zero-order chi connectivity index (χ0) is 15.9. The minimum absolute atomic E-state index is 0.306. The molecule has 0 unspecified atom stereocenters. The van der Waals surface area contributed by atoms with Crippen LogP contribution in [0.15, 0.2) is 46.9 Å². The van der Waals surface area contributed by atoms with Crippen LogP contribution in [-0.2, 0) is 11.2 Å². The minimum atomic E-state index is -0.311. The number of anilines is 1. The molecule has 0 aliphatic carbocycles. The Bertz CT molecular complexity index is 659. The molecule has 5 heteroatoms. The van der Waals surface area contributed by atoms with Gasteiger partial charge in [-0.3, -0.25) is 4.79 Å². The summed E-state index contributed by atoms with van der Waals surface area (Å²) in [5.74, 6) is 0.558. The van der Waals surface area contributed by atoms with Crippen LogP contribution in [-0.4, -0.2) is 19.6 Å². The number of methoxy groups -OCH3 is 1. The molecule has 0 saturated carbocycles. The maximum absolute atomic E-state index is 10.9. The van der Waals surface area contributed by atoms with Crippen LogP contribution in [0.25, 0.3) is 0 Å². The number of benzene rings is 2. The molecule has 4 nitrogen and oxygen atoms in total. The second kappa shape index (κ2) is 7.84. The molecule has 0 radical (unpaired) electrons. The number of carbonyl (C=O) groups is 1. The quantitative estimate of drug-likeness (QED) is 0.793. The highest BCUT2D eigenvalue weighted by Crippen LogP contribution is 2.27. The molecule has 0 bridgehead atoms. The fraction of sp³-hybridized carbons (Fsp3) is 0.235. The van der Waals surface area contributed by atoms with Crippen molar-refractivity contribution in [3.63, 3.8) is 0 Å². The van der Waals surface area contributed by atoms with E-state index in [2.05, 4.69) is 27.3 Å². The molecule has 2 rings (SSSR count). The number of nitrogens with one attached hydrogen (secondary N) is 1. The summed E-state index contributed by atoms with van der Waals surface area (Å²) >= 11 is 3.47. The van der Waals surface area contributed by atoms with Gasteiger partial charge in [-0.15, -0.1) is 0 Å². The van der Waals surface area contributed by atoms with Crippen LogP contribution in [0.5, 0.6) is 5.75 Å². The molecule has 0 aromatic heterocycles. The number of nitrogens with two attached hydrogens (primary N) is 1. The highest BCUT2D eigenvalue weighted by Gasteiger charge is 2.08. The van der Waals surface area contributed by atoms with Gasteiger partial charge in [0.05, 0.1) is 7.11 Å². The third kappa shape index (κ3) is 4.49. The molecular formula is C17H19BrN2O2. The molecule has 0 heterocycles. The lowest BCUT2D eigenvalue weighted by Crippen LogP contribution is -2.16. The van der Waals surface area contributed by atoms with E-state index in [9.17, 15) is 4.79 Å². The SMILES string of the molecule is COc1ccccc1Cc1ccc(Br)cc1NCCC(N)=O. The lowest BCUT2D eigenvalue weighted by atomic mass is 10.0. The topological polar surface area (TPSA) is 64.3 Å². The van der Waals surface area contributed by atoms with Crippen molar-refractivity contribution in [2.45, 2.75) is 12.8 Å². The molecule has 0 fully saturated rings. The van der Waals surface area contributed by atoms with Crippen LogP contribution in [0.1, 0.15) is 17.5 Å². The molecule has 1 amide bonds. The van der Waals surface area contributed by atoms with Gasteiger partial charge in [0, 0.05) is 29.5 Å². The summed E-state index contributed by atoms with van der Waals surface area (Å²) in [6.45, 7) is 0.519. The summed E-state index contributed by atoms with van der Waals surface area (Å²) in [7, 11) is 1.67. The minimum Gasteiger partial charge on any atom is -0.496 e. The smallest absolute Gasteiger partial charge is 0.219 e. The number of primary amides is 1. The third-order valence-corrected chi connectivity index (χ3v) is 3.83. The van der Waals surface area contributed by atoms with Crippen molar-refractivity contribution in [1.82, 2.24) is 0 Å². The Labute approximate surface area is 138 Å². The lowest BCUT2D eigenvalue weighted by molar-refractivity contribution is -0.117. The molecule has 0 spiro atoms. The zero-order valence-corrected chi connectivity index (χ0v) is 14.0. The van der Waals surface area contributed by atoms with E-state index in [0.29, 0.717) is 13.0 Å². The Morgan fingerprint density at radius 3 is 2.73 bits per heavy atom. The van der Waals surface area contributed by atoms with Crippen molar-refractivity contribution < 1.29 is 9.53 Å². The van der Waals surface area contributed by atoms with Gasteiger partial charge in [0.25, 0.3) is 0 Å². The molecular weight excluding hydrogens is 344 g/mol. The van der Waals surface area contributed by atoms with Crippen LogP contribution < -0.4 is 15.8 Å². The van der Waals surface area contributed by atoms with Gasteiger partial charge in [-0.1, -0.05) is 40.2 Å². The van der Waals surface area contributed by atoms with Gasteiger partial charge >= 0.3 is 0 Å². The summed E-state index contributed by atoms with van der Waals surface area (Å²) in [5.41, 5.74) is 8.42. The monoisotopic (exact) mass is 362 g/mol. The van der Waals surface area contributed by atoms with Gasteiger partial charge in [-0.25, -0.2) is 0 Å². The standard InChI is InChI=1S/C17H19BrN2O2/c1-22-16-5-3-2-4-13(16)10-12-6-7-14(18)11-15(12)20-9-8-17(19)21/h2-7,11,20H,8-10H2,1H3,(H2,19,21). The average Bonchev–Trinajstić information content (AvgIpc) is 2.50. The molecule has 0 saturated heterocycles. The highest BCUT2D eigenvalue weighted by atomic mass is 79.9. The van der Waals surface area contributed by atoms with Gasteiger partial charge in [0.1, 0.15) is 5.75 Å². The number of rotatable bonds is 7. The fourth-order valence-electron chi connectivity index (χ4n) is 2.24. The van der Waals surface area contributed by atoms with E-state index < -0.39 is 0 Å². The van der Waals surface area contributed by atoms with Gasteiger partial charge < -0.3 is 15.8 Å². The van der Waals surface area contributed by atoms with E-state index in [1.807, 2.05) is 36.4 Å².